The number of aromatic nitrogens is 1. The van der Waals surface area contributed by atoms with Crippen molar-refractivity contribution in [2.24, 2.45) is 11.8 Å². The molecule has 0 unspecified atom stereocenters. The van der Waals surface area contributed by atoms with Crippen LogP contribution in [0.4, 0.5) is 10.2 Å². The Balaban J connectivity index is 1.10. The predicted octanol–water partition coefficient (Wildman–Crippen LogP) is 2.52. The number of anilines is 1. The van der Waals surface area contributed by atoms with Crippen molar-refractivity contribution in [3.63, 3.8) is 0 Å². The summed E-state index contributed by atoms with van der Waals surface area (Å²) in [6, 6.07) is 10.1. The summed E-state index contributed by atoms with van der Waals surface area (Å²) in [6.07, 6.45) is 4.09. The van der Waals surface area contributed by atoms with E-state index in [9.17, 15) is 19.1 Å². The Bertz CT molecular complexity index is 1210. The molecule has 4 heterocycles. The van der Waals surface area contributed by atoms with E-state index >= 15 is 0 Å². The van der Waals surface area contributed by atoms with Crippen molar-refractivity contribution in [2.45, 2.75) is 57.3 Å². The van der Waals surface area contributed by atoms with Crippen LogP contribution in [0.2, 0.25) is 0 Å². The minimum absolute atomic E-state index is 0.0198. The average Bonchev–Trinajstić information content (AvgIpc) is 3.14. The third-order valence-electron chi connectivity index (χ3n) is 9.14. The van der Waals surface area contributed by atoms with Crippen LogP contribution in [-0.2, 0) is 17.8 Å². The summed E-state index contributed by atoms with van der Waals surface area (Å²) in [4.78, 5) is 35.3. The van der Waals surface area contributed by atoms with Crippen molar-refractivity contribution >= 4 is 17.6 Å². The molecule has 2 bridgehead atoms. The number of nitrogens with zero attached hydrogens (tertiary/aromatic N) is 4. The fourth-order valence-corrected chi connectivity index (χ4v) is 7.07. The lowest BCUT2D eigenvalue weighted by Gasteiger charge is -2.43. The van der Waals surface area contributed by atoms with Crippen LogP contribution >= 0.6 is 0 Å². The van der Waals surface area contributed by atoms with Gasteiger partial charge in [0.1, 0.15) is 5.82 Å². The third-order valence-corrected chi connectivity index (χ3v) is 9.14. The van der Waals surface area contributed by atoms with E-state index in [1.165, 1.54) is 17.2 Å². The molecule has 2 aromatic rings. The van der Waals surface area contributed by atoms with Crippen LogP contribution in [0.3, 0.4) is 0 Å². The Hall–Kier alpha value is -3.04. The van der Waals surface area contributed by atoms with Gasteiger partial charge in [-0.05, 0) is 54.7 Å². The number of fused-ring (bicyclic) bond motifs is 3. The number of rotatable bonds is 4. The second-order valence-corrected chi connectivity index (χ2v) is 11.4. The third kappa shape index (κ3) is 4.78. The van der Waals surface area contributed by atoms with E-state index < -0.39 is 17.8 Å². The number of aliphatic hydroxyl groups is 1. The molecule has 6 rings (SSSR count). The SMILES string of the molecule is CC(=O)N1C[C@H]2CC[C@H](C1)C2Nc1cc(C(=O)N2CC[C@H](N3CCc4ccccc4C3)[C@@H](O)C2)c(F)cn1. The van der Waals surface area contributed by atoms with Gasteiger partial charge in [0, 0.05) is 58.3 Å². The van der Waals surface area contributed by atoms with E-state index in [-0.39, 0.29) is 30.1 Å². The molecule has 0 spiro atoms. The first-order valence-electron chi connectivity index (χ1n) is 13.8. The van der Waals surface area contributed by atoms with Gasteiger partial charge in [-0.2, -0.15) is 0 Å². The van der Waals surface area contributed by atoms with Crippen molar-refractivity contribution in [2.75, 3.05) is 38.0 Å². The molecular formula is C29H36FN5O3. The van der Waals surface area contributed by atoms with Gasteiger partial charge in [0.2, 0.25) is 5.91 Å². The van der Waals surface area contributed by atoms with E-state index in [1.807, 2.05) is 11.0 Å². The maximum atomic E-state index is 14.8. The quantitative estimate of drug-likeness (QED) is 0.643. The maximum absolute atomic E-state index is 14.8. The number of hydrogen-bond donors (Lipinski definition) is 2. The number of nitrogens with one attached hydrogen (secondary N) is 1. The molecule has 0 radical (unpaired) electrons. The molecule has 1 saturated carbocycles. The Morgan fingerprint density at radius 1 is 1.03 bits per heavy atom. The Kier molecular flexibility index (Phi) is 6.82. The number of aliphatic hydroxyl groups excluding tert-OH is 1. The first-order chi connectivity index (χ1) is 18.4. The first-order valence-corrected chi connectivity index (χ1v) is 13.8. The average molecular weight is 522 g/mol. The van der Waals surface area contributed by atoms with Crippen LogP contribution in [0.1, 0.15) is 47.7 Å². The molecule has 1 aromatic heterocycles. The van der Waals surface area contributed by atoms with Crippen molar-refractivity contribution in [3.05, 3.63) is 59.0 Å². The van der Waals surface area contributed by atoms with Gasteiger partial charge in [0.15, 0.2) is 5.82 Å². The topological polar surface area (TPSA) is 89.0 Å². The van der Waals surface area contributed by atoms with Crippen LogP contribution in [0.15, 0.2) is 36.5 Å². The Labute approximate surface area is 222 Å². The van der Waals surface area contributed by atoms with Gasteiger partial charge in [-0.1, -0.05) is 24.3 Å². The molecule has 4 aliphatic rings. The lowest BCUT2D eigenvalue weighted by atomic mass is 9.92. The molecule has 3 fully saturated rings. The second kappa shape index (κ2) is 10.3. The molecule has 4 atom stereocenters. The highest BCUT2D eigenvalue weighted by molar-refractivity contribution is 5.95. The number of β-amino-alcohol motifs (C(OH)–C–C–N with tert-alkyl or cyclic N) is 1. The number of amides is 2. The van der Waals surface area contributed by atoms with Crippen LogP contribution < -0.4 is 5.32 Å². The van der Waals surface area contributed by atoms with Crippen LogP contribution in [0.5, 0.6) is 0 Å². The molecule has 3 aliphatic heterocycles. The van der Waals surface area contributed by atoms with Crippen molar-refractivity contribution in [1.29, 1.82) is 0 Å². The van der Waals surface area contributed by atoms with Crippen molar-refractivity contribution in [3.8, 4) is 0 Å². The summed E-state index contributed by atoms with van der Waals surface area (Å²) in [5.74, 6) is 0.154. The maximum Gasteiger partial charge on any atom is 0.257 e. The van der Waals surface area contributed by atoms with E-state index in [2.05, 4.69) is 33.4 Å². The molecule has 9 heteroatoms. The van der Waals surface area contributed by atoms with E-state index in [0.717, 1.165) is 38.5 Å². The van der Waals surface area contributed by atoms with Gasteiger partial charge in [-0.25, -0.2) is 9.37 Å². The number of hydrogen-bond acceptors (Lipinski definition) is 6. The molecule has 202 valence electrons. The van der Waals surface area contributed by atoms with Gasteiger partial charge >= 0.3 is 0 Å². The fourth-order valence-electron chi connectivity index (χ4n) is 7.07. The highest BCUT2D eigenvalue weighted by Crippen LogP contribution is 2.38. The highest BCUT2D eigenvalue weighted by Gasteiger charge is 2.43. The number of carbonyl (C=O) groups is 2. The monoisotopic (exact) mass is 521 g/mol. The smallest absolute Gasteiger partial charge is 0.257 e. The number of carbonyl (C=O) groups excluding carboxylic acids is 2. The minimum Gasteiger partial charge on any atom is -0.390 e. The summed E-state index contributed by atoms with van der Waals surface area (Å²) in [7, 11) is 0. The minimum atomic E-state index is -0.692. The standard InChI is InChI=1S/C29H36FN5O3/c1-18(36)35-15-21-6-7-22(16-35)28(21)32-27-12-23(24(30)13-31-27)29(38)34-11-9-25(26(37)17-34)33-10-8-19-4-2-3-5-20(19)14-33/h2-5,12-13,21-22,25-26,28,37H,6-11,14-17H2,1H3,(H,31,32)/t21-,22-,25+,26+/m1/s1. The lowest BCUT2D eigenvalue weighted by molar-refractivity contribution is -0.131. The fraction of sp³-hybridized carbons (Fsp3) is 0.552. The van der Waals surface area contributed by atoms with Gasteiger partial charge < -0.3 is 20.2 Å². The molecular weight excluding hydrogens is 485 g/mol. The summed E-state index contributed by atoms with van der Waals surface area (Å²) >= 11 is 0. The second-order valence-electron chi connectivity index (χ2n) is 11.4. The summed E-state index contributed by atoms with van der Waals surface area (Å²) in [5, 5.41) is 14.5. The normalized spacial score (nSPS) is 29.2. The number of pyridine rings is 1. The van der Waals surface area contributed by atoms with Gasteiger partial charge in [-0.15, -0.1) is 0 Å². The molecule has 38 heavy (non-hydrogen) atoms. The number of likely N-dealkylation sites (tertiary alicyclic amines) is 2. The summed E-state index contributed by atoms with van der Waals surface area (Å²) in [6.45, 7) is 5.37. The Morgan fingerprint density at radius 2 is 1.76 bits per heavy atom. The van der Waals surface area contributed by atoms with Crippen LogP contribution in [-0.4, -0.2) is 87.5 Å². The van der Waals surface area contributed by atoms with Gasteiger partial charge in [-0.3, -0.25) is 14.5 Å². The van der Waals surface area contributed by atoms with Crippen LogP contribution in [0, 0.1) is 17.7 Å². The first kappa shape index (κ1) is 25.2. The van der Waals surface area contributed by atoms with Crippen molar-refractivity contribution < 1.29 is 19.1 Å². The largest absolute Gasteiger partial charge is 0.390 e. The van der Waals surface area contributed by atoms with E-state index in [4.69, 9.17) is 0 Å². The predicted molar refractivity (Wildman–Crippen MR) is 141 cm³/mol. The number of piperidine rings is 2. The zero-order chi connectivity index (χ0) is 26.4. The van der Waals surface area contributed by atoms with E-state index in [0.29, 0.717) is 43.7 Å². The molecule has 1 aliphatic carbocycles. The highest BCUT2D eigenvalue weighted by atomic mass is 19.1. The molecule has 2 amide bonds. The number of halogens is 1. The lowest BCUT2D eigenvalue weighted by Crippen LogP contribution is -2.56. The zero-order valence-corrected chi connectivity index (χ0v) is 21.9. The molecule has 2 saturated heterocycles. The zero-order valence-electron chi connectivity index (χ0n) is 21.9. The van der Waals surface area contributed by atoms with Crippen molar-refractivity contribution in [1.82, 2.24) is 19.7 Å². The summed E-state index contributed by atoms with van der Waals surface area (Å²) in [5.41, 5.74) is 2.64. The molecule has 2 N–H and O–H groups in total. The van der Waals surface area contributed by atoms with Gasteiger partial charge in [0.25, 0.3) is 5.91 Å². The van der Waals surface area contributed by atoms with Gasteiger partial charge in [0.05, 0.1) is 17.9 Å². The molecule has 1 aromatic carbocycles. The van der Waals surface area contributed by atoms with Crippen LogP contribution in [0.25, 0.3) is 0 Å². The Morgan fingerprint density at radius 3 is 2.47 bits per heavy atom. The molecule has 8 nitrogen and oxygen atoms in total. The van der Waals surface area contributed by atoms with E-state index in [1.54, 1.807) is 11.8 Å². The summed E-state index contributed by atoms with van der Waals surface area (Å²) < 4.78 is 14.8. The number of benzene rings is 1.